The first kappa shape index (κ1) is 21.6. The number of aromatic nitrogens is 7. The fourth-order valence-electron chi connectivity index (χ4n) is 3.47. The van der Waals surface area contributed by atoms with Crippen LogP contribution in [0.5, 0.6) is 0 Å². The lowest BCUT2D eigenvalue weighted by molar-refractivity contribution is -0.123. The molecule has 0 spiro atoms. The number of nitrogens with zero attached hydrogens (tertiary/aromatic N) is 6. The van der Waals surface area contributed by atoms with Gasteiger partial charge in [-0.25, -0.2) is 29.4 Å². The quantitative estimate of drug-likeness (QED) is 0.354. The zero-order chi connectivity index (χ0) is 23.8. The second kappa shape index (κ2) is 8.63. The number of rotatable bonds is 6. The van der Waals surface area contributed by atoms with Gasteiger partial charge in [0.1, 0.15) is 11.8 Å². The van der Waals surface area contributed by atoms with Crippen molar-refractivity contribution < 1.29 is 14.3 Å². The number of hydrogen-bond acceptors (Lipinski definition) is 9. The van der Waals surface area contributed by atoms with Gasteiger partial charge in [0, 0.05) is 6.04 Å². The van der Waals surface area contributed by atoms with Crippen LogP contribution in [0, 0.1) is 0 Å². The summed E-state index contributed by atoms with van der Waals surface area (Å²) in [6, 6.07) is 5.56. The highest BCUT2D eigenvalue weighted by atomic mass is 32.1. The molecule has 5 rings (SSSR count). The van der Waals surface area contributed by atoms with Gasteiger partial charge in [0.05, 0.1) is 34.0 Å². The molecule has 172 valence electrons. The van der Waals surface area contributed by atoms with Crippen molar-refractivity contribution in [2.75, 3.05) is 5.32 Å². The number of hydrogen-bond donors (Lipinski definition) is 2. The molecule has 12 heteroatoms. The van der Waals surface area contributed by atoms with Gasteiger partial charge in [-0.2, -0.15) is 5.10 Å². The van der Waals surface area contributed by atoms with Gasteiger partial charge in [-0.3, -0.25) is 4.79 Å². The molecule has 1 atom stereocenters. The van der Waals surface area contributed by atoms with E-state index in [0.29, 0.717) is 27.9 Å². The zero-order valence-corrected chi connectivity index (χ0v) is 19.3. The van der Waals surface area contributed by atoms with Crippen LogP contribution >= 0.6 is 11.3 Å². The molecule has 0 aliphatic heterocycles. The standard InChI is InChI=1S/C22H20N8O3S/c1-11(2)30-20-14(8-27-30)13(7-15(28-20)16-5-4-6-34-16)22(32)33-12(3)21(31)29-19-17-18(24-9-23-17)25-10-26-19/h4-12H,1-3H3,(H2,23,24,25,26,29,31). The number of imidazole rings is 1. The van der Waals surface area contributed by atoms with Gasteiger partial charge in [0.2, 0.25) is 0 Å². The van der Waals surface area contributed by atoms with Gasteiger partial charge in [-0.1, -0.05) is 6.07 Å². The highest BCUT2D eigenvalue weighted by Crippen LogP contribution is 2.29. The average molecular weight is 477 g/mol. The molecule has 0 aliphatic rings. The van der Waals surface area contributed by atoms with Gasteiger partial charge in [0.25, 0.3) is 5.91 Å². The third-order valence-electron chi connectivity index (χ3n) is 5.17. The monoisotopic (exact) mass is 476 g/mol. The van der Waals surface area contributed by atoms with Crippen LogP contribution in [0.25, 0.3) is 32.8 Å². The second-order valence-electron chi connectivity index (χ2n) is 7.81. The fourth-order valence-corrected chi connectivity index (χ4v) is 4.16. The summed E-state index contributed by atoms with van der Waals surface area (Å²) < 4.78 is 7.29. The fraction of sp³-hybridized carbons (Fsp3) is 0.227. The van der Waals surface area contributed by atoms with Crippen molar-refractivity contribution in [2.24, 2.45) is 0 Å². The topological polar surface area (TPSA) is 141 Å². The van der Waals surface area contributed by atoms with E-state index < -0.39 is 18.0 Å². The Morgan fingerprint density at radius 2 is 2.06 bits per heavy atom. The maximum atomic E-state index is 13.2. The lowest BCUT2D eigenvalue weighted by Crippen LogP contribution is -2.30. The minimum absolute atomic E-state index is 0.0457. The minimum atomic E-state index is -1.09. The molecule has 11 nitrogen and oxygen atoms in total. The number of H-pyrrole nitrogens is 1. The van der Waals surface area contributed by atoms with E-state index in [1.807, 2.05) is 31.4 Å². The van der Waals surface area contributed by atoms with Crippen molar-refractivity contribution in [1.82, 2.24) is 34.7 Å². The van der Waals surface area contributed by atoms with Gasteiger partial charge in [0.15, 0.2) is 23.2 Å². The summed E-state index contributed by atoms with van der Waals surface area (Å²) in [5.74, 6) is -0.935. The Hall–Kier alpha value is -4.19. The zero-order valence-electron chi connectivity index (χ0n) is 18.5. The molecule has 5 aromatic heterocycles. The highest BCUT2D eigenvalue weighted by Gasteiger charge is 2.24. The van der Waals surface area contributed by atoms with Crippen molar-refractivity contribution in [3.8, 4) is 10.6 Å². The Morgan fingerprint density at radius 3 is 2.82 bits per heavy atom. The van der Waals surface area contributed by atoms with E-state index in [1.165, 1.54) is 30.9 Å². The summed E-state index contributed by atoms with van der Waals surface area (Å²) >= 11 is 1.51. The van der Waals surface area contributed by atoms with Crippen molar-refractivity contribution in [3.63, 3.8) is 0 Å². The number of carbonyl (C=O) groups excluding carboxylic acids is 2. The van der Waals surface area contributed by atoms with Gasteiger partial charge < -0.3 is 15.0 Å². The molecule has 1 unspecified atom stereocenters. The molecule has 0 saturated carbocycles. The first-order valence-electron chi connectivity index (χ1n) is 10.5. The number of ether oxygens (including phenoxy) is 1. The van der Waals surface area contributed by atoms with E-state index in [2.05, 4.69) is 30.4 Å². The molecule has 2 N–H and O–H groups in total. The number of amides is 1. The number of anilines is 1. The number of fused-ring (bicyclic) bond motifs is 2. The normalized spacial score (nSPS) is 12.4. The van der Waals surface area contributed by atoms with E-state index in [4.69, 9.17) is 9.72 Å². The predicted molar refractivity (Wildman–Crippen MR) is 126 cm³/mol. The number of nitrogens with one attached hydrogen (secondary N) is 2. The number of aromatic amines is 1. The minimum Gasteiger partial charge on any atom is -0.449 e. The van der Waals surface area contributed by atoms with Crippen LogP contribution in [-0.2, 0) is 9.53 Å². The van der Waals surface area contributed by atoms with Crippen molar-refractivity contribution in [3.05, 3.63) is 48.0 Å². The molecule has 0 saturated heterocycles. The maximum Gasteiger partial charge on any atom is 0.339 e. The van der Waals surface area contributed by atoms with Crippen molar-refractivity contribution >= 4 is 51.2 Å². The molecule has 5 heterocycles. The SMILES string of the molecule is CC(OC(=O)c1cc(-c2cccs2)nc2c1cnn2C(C)C)C(=O)Nc1ncnc2nc[nH]c12. The van der Waals surface area contributed by atoms with E-state index in [-0.39, 0.29) is 17.4 Å². The van der Waals surface area contributed by atoms with E-state index >= 15 is 0 Å². The van der Waals surface area contributed by atoms with Crippen molar-refractivity contribution in [2.45, 2.75) is 32.9 Å². The average Bonchev–Trinajstić information content (AvgIpc) is 3.58. The van der Waals surface area contributed by atoms with E-state index in [0.717, 1.165) is 4.88 Å². The Balaban J connectivity index is 1.43. The van der Waals surface area contributed by atoms with Crippen molar-refractivity contribution in [1.29, 1.82) is 0 Å². The first-order chi connectivity index (χ1) is 16.4. The maximum absolute atomic E-state index is 13.2. The molecule has 0 fully saturated rings. The third kappa shape index (κ3) is 3.88. The molecule has 1 amide bonds. The smallest absolute Gasteiger partial charge is 0.339 e. The van der Waals surface area contributed by atoms with Crippen LogP contribution in [0.4, 0.5) is 5.82 Å². The molecular weight excluding hydrogens is 456 g/mol. The molecule has 0 bridgehead atoms. The van der Waals surface area contributed by atoms with E-state index in [9.17, 15) is 9.59 Å². The summed E-state index contributed by atoms with van der Waals surface area (Å²) in [5, 5.41) is 9.55. The second-order valence-corrected chi connectivity index (χ2v) is 8.76. The Morgan fingerprint density at radius 1 is 1.21 bits per heavy atom. The number of thiophene rings is 1. The molecule has 0 aliphatic carbocycles. The van der Waals surface area contributed by atoms with Gasteiger partial charge in [-0.15, -0.1) is 11.3 Å². The summed E-state index contributed by atoms with van der Waals surface area (Å²) in [7, 11) is 0. The number of pyridine rings is 1. The Kier molecular flexibility index (Phi) is 5.49. The lowest BCUT2D eigenvalue weighted by atomic mass is 10.1. The van der Waals surface area contributed by atoms with E-state index in [1.54, 1.807) is 16.9 Å². The van der Waals surface area contributed by atoms with Crippen LogP contribution in [-0.4, -0.2) is 52.7 Å². The summed E-state index contributed by atoms with van der Waals surface area (Å²) in [6.45, 7) is 5.47. The van der Waals surface area contributed by atoms with Gasteiger partial charge in [-0.05, 0) is 38.3 Å². The van der Waals surface area contributed by atoms with Crippen LogP contribution in [0.3, 0.4) is 0 Å². The molecule has 34 heavy (non-hydrogen) atoms. The molecule has 0 aromatic carbocycles. The Labute approximate surface area is 197 Å². The molecular formula is C22H20N8O3S. The van der Waals surface area contributed by atoms with Gasteiger partial charge >= 0.3 is 5.97 Å². The predicted octanol–water partition coefficient (Wildman–Crippen LogP) is 3.59. The lowest BCUT2D eigenvalue weighted by Gasteiger charge is -2.14. The highest BCUT2D eigenvalue weighted by molar-refractivity contribution is 7.13. The third-order valence-corrected chi connectivity index (χ3v) is 6.06. The molecule has 0 radical (unpaired) electrons. The summed E-state index contributed by atoms with van der Waals surface area (Å²) in [5.41, 5.74) is 2.39. The number of esters is 1. The summed E-state index contributed by atoms with van der Waals surface area (Å²) in [4.78, 5) is 46.6. The first-order valence-corrected chi connectivity index (χ1v) is 11.4. The largest absolute Gasteiger partial charge is 0.449 e. The van der Waals surface area contributed by atoms with Crippen LogP contribution in [0.15, 0.2) is 42.4 Å². The molecule has 5 aromatic rings. The summed E-state index contributed by atoms with van der Waals surface area (Å²) in [6.07, 6.45) is 3.25. The number of carbonyl (C=O) groups is 2. The van der Waals surface area contributed by atoms with Crippen LogP contribution in [0.2, 0.25) is 0 Å². The van der Waals surface area contributed by atoms with Crippen LogP contribution in [0.1, 0.15) is 37.2 Å². The Bertz CT molecular complexity index is 1510. The van der Waals surface area contributed by atoms with Crippen LogP contribution < -0.4 is 5.32 Å².